The molecule has 1 N–H and O–H groups in total. The first-order valence-electron chi connectivity index (χ1n) is 11.8. The number of carbonyl (C=O) groups is 1. The minimum absolute atomic E-state index is 0.0772. The van der Waals surface area contributed by atoms with Crippen LogP contribution in [0.3, 0.4) is 0 Å². The first-order valence-corrected chi connectivity index (χ1v) is 11.8. The maximum absolute atomic E-state index is 11.6. The Kier molecular flexibility index (Phi) is 16.1. The molecule has 3 heteroatoms. The van der Waals surface area contributed by atoms with E-state index in [2.05, 4.69) is 12.4 Å². The van der Waals surface area contributed by atoms with Crippen molar-refractivity contribution < 1.29 is 9.63 Å². The summed E-state index contributed by atoms with van der Waals surface area (Å²) in [5, 5.41) is 0. The molecule has 154 valence electrons. The van der Waals surface area contributed by atoms with Gasteiger partial charge in [-0.15, -0.1) is 0 Å². The zero-order valence-corrected chi connectivity index (χ0v) is 17.5. The Morgan fingerprint density at radius 1 is 0.731 bits per heavy atom. The van der Waals surface area contributed by atoms with Gasteiger partial charge in [0.1, 0.15) is 0 Å². The van der Waals surface area contributed by atoms with Gasteiger partial charge in [-0.25, -0.2) is 0 Å². The maximum Gasteiger partial charge on any atom is 0.324 e. The third kappa shape index (κ3) is 14.6. The molecule has 0 amide bonds. The van der Waals surface area contributed by atoms with Gasteiger partial charge in [-0.1, -0.05) is 110 Å². The van der Waals surface area contributed by atoms with E-state index < -0.39 is 0 Å². The fourth-order valence-corrected chi connectivity index (χ4v) is 3.88. The van der Waals surface area contributed by atoms with E-state index in [1.807, 2.05) is 0 Å². The van der Waals surface area contributed by atoms with Gasteiger partial charge in [0.2, 0.25) is 0 Å². The Morgan fingerprint density at radius 3 is 1.62 bits per heavy atom. The minimum atomic E-state index is -0.0772. The van der Waals surface area contributed by atoms with E-state index in [-0.39, 0.29) is 5.97 Å². The van der Waals surface area contributed by atoms with Crippen molar-refractivity contribution in [2.45, 2.75) is 141 Å². The van der Waals surface area contributed by atoms with Gasteiger partial charge in [0.15, 0.2) is 0 Å². The van der Waals surface area contributed by atoms with Crippen molar-refractivity contribution in [3.63, 3.8) is 0 Å². The van der Waals surface area contributed by atoms with Gasteiger partial charge in [0.25, 0.3) is 0 Å². The molecule has 0 spiro atoms. The molecule has 0 bridgehead atoms. The molecule has 3 nitrogen and oxygen atoms in total. The van der Waals surface area contributed by atoms with Gasteiger partial charge >= 0.3 is 5.97 Å². The molecule has 1 rings (SSSR count). The van der Waals surface area contributed by atoms with Crippen molar-refractivity contribution in [2.24, 2.45) is 0 Å². The summed E-state index contributed by atoms with van der Waals surface area (Å²) in [6.07, 6.45) is 25.7. The predicted octanol–water partition coefficient (Wildman–Crippen LogP) is 7.24. The van der Waals surface area contributed by atoms with Crippen molar-refractivity contribution in [2.75, 3.05) is 0 Å². The summed E-state index contributed by atoms with van der Waals surface area (Å²) in [4.78, 5) is 16.8. The summed E-state index contributed by atoms with van der Waals surface area (Å²) in [5.74, 6) is -0.0772. The zero-order chi connectivity index (χ0) is 18.7. The number of hydrogen-bond donors (Lipinski definition) is 1. The second kappa shape index (κ2) is 17.8. The second-order valence-corrected chi connectivity index (χ2v) is 8.27. The van der Waals surface area contributed by atoms with E-state index in [1.54, 1.807) is 0 Å². The third-order valence-corrected chi connectivity index (χ3v) is 5.68. The first kappa shape index (κ1) is 23.5. The molecule has 0 aromatic carbocycles. The monoisotopic (exact) mass is 367 g/mol. The molecule has 1 aliphatic carbocycles. The van der Waals surface area contributed by atoms with Crippen LogP contribution in [0.15, 0.2) is 0 Å². The molecular weight excluding hydrogens is 322 g/mol. The Balaban J connectivity index is 1.70. The maximum atomic E-state index is 11.6. The Hall–Kier alpha value is -0.570. The fraction of sp³-hybridized carbons (Fsp3) is 0.957. The quantitative estimate of drug-likeness (QED) is 0.205. The Morgan fingerprint density at radius 2 is 1.15 bits per heavy atom. The van der Waals surface area contributed by atoms with Gasteiger partial charge in [0.05, 0.1) is 0 Å². The van der Waals surface area contributed by atoms with Crippen LogP contribution in [0.25, 0.3) is 0 Å². The van der Waals surface area contributed by atoms with Crippen molar-refractivity contribution >= 4 is 5.97 Å². The van der Waals surface area contributed by atoms with Gasteiger partial charge in [-0.3, -0.25) is 4.79 Å². The van der Waals surface area contributed by atoms with Gasteiger partial charge in [0, 0.05) is 12.5 Å². The molecule has 0 aromatic rings. The summed E-state index contributed by atoms with van der Waals surface area (Å²) in [5.41, 5.74) is 2.93. The summed E-state index contributed by atoms with van der Waals surface area (Å²) in [7, 11) is 0. The highest BCUT2D eigenvalue weighted by Gasteiger charge is 2.16. The minimum Gasteiger partial charge on any atom is -0.370 e. The highest BCUT2D eigenvalue weighted by atomic mass is 16.7. The van der Waals surface area contributed by atoms with Gasteiger partial charge in [-0.2, -0.15) is 5.48 Å². The van der Waals surface area contributed by atoms with Crippen LogP contribution in [-0.4, -0.2) is 12.0 Å². The molecule has 0 unspecified atom stereocenters. The first-order chi connectivity index (χ1) is 12.8. The van der Waals surface area contributed by atoms with Crippen LogP contribution in [-0.2, 0) is 9.63 Å². The molecule has 0 aromatic heterocycles. The van der Waals surface area contributed by atoms with Crippen LogP contribution < -0.4 is 5.48 Å². The molecule has 0 saturated heterocycles. The number of hydrogen-bond acceptors (Lipinski definition) is 3. The highest BCUT2D eigenvalue weighted by Crippen LogP contribution is 2.18. The van der Waals surface area contributed by atoms with Gasteiger partial charge in [-0.05, 0) is 19.3 Å². The van der Waals surface area contributed by atoms with E-state index in [9.17, 15) is 4.79 Å². The summed E-state index contributed by atoms with van der Waals surface area (Å²) < 4.78 is 0. The number of nitrogens with one attached hydrogen (secondary N) is 1. The average molecular weight is 368 g/mol. The van der Waals surface area contributed by atoms with Crippen LogP contribution >= 0.6 is 0 Å². The molecule has 0 atom stereocenters. The van der Waals surface area contributed by atoms with E-state index in [0.717, 1.165) is 25.7 Å². The van der Waals surface area contributed by atoms with E-state index >= 15 is 0 Å². The van der Waals surface area contributed by atoms with Crippen LogP contribution in [0, 0.1) is 0 Å². The number of carbonyl (C=O) groups excluding carboxylic acids is 1. The largest absolute Gasteiger partial charge is 0.370 e. The highest BCUT2D eigenvalue weighted by molar-refractivity contribution is 5.68. The number of rotatable bonds is 18. The van der Waals surface area contributed by atoms with Crippen LogP contribution in [0.4, 0.5) is 0 Å². The molecule has 0 aliphatic heterocycles. The van der Waals surface area contributed by atoms with Crippen LogP contribution in [0.5, 0.6) is 0 Å². The van der Waals surface area contributed by atoms with Crippen molar-refractivity contribution in [1.29, 1.82) is 0 Å². The second-order valence-electron chi connectivity index (χ2n) is 8.27. The smallest absolute Gasteiger partial charge is 0.324 e. The fourth-order valence-electron chi connectivity index (χ4n) is 3.88. The van der Waals surface area contributed by atoms with E-state index in [4.69, 9.17) is 4.84 Å². The molecule has 0 radical (unpaired) electrons. The van der Waals surface area contributed by atoms with Crippen LogP contribution in [0.1, 0.15) is 135 Å². The Bertz CT molecular complexity index is 313. The lowest BCUT2D eigenvalue weighted by atomic mass is 10.0. The zero-order valence-electron chi connectivity index (χ0n) is 17.5. The summed E-state index contributed by atoms with van der Waals surface area (Å²) >= 11 is 0. The summed E-state index contributed by atoms with van der Waals surface area (Å²) in [6.45, 7) is 2.28. The SMILES string of the molecule is CCCCCCCCCCCCCCCCCC(=O)ONC1CCCC1. The predicted molar refractivity (Wildman–Crippen MR) is 111 cm³/mol. The molecule has 1 aliphatic rings. The molecular formula is C23H45NO2. The van der Waals surface area contributed by atoms with Crippen LogP contribution in [0.2, 0.25) is 0 Å². The Labute approximate surface area is 163 Å². The molecule has 1 saturated carbocycles. The standard InChI is InChI=1S/C23H45NO2/c1-2-3-4-5-6-7-8-9-10-11-12-13-14-15-16-21-23(25)26-24-22-19-17-18-20-22/h22,24H,2-21H2,1H3. The normalized spacial score (nSPS) is 14.8. The average Bonchev–Trinajstić information content (AvgIpc) is 3.17. The molecule has 1 fully saturated rings. The van der Waals surface area contributed by atoms with Gasteiger partial charge < -0.3 is 4.84 Å². The topological polar surface area (TPSA) is 38.3 Å². The number of unbranched alkanes of at least 4 members (excludes halogenated alkanes) is 14. The number of hydroxylamine groups is 1. The van der Waals surface area contributed by atoms with E-state index in [1.165, 1.54) is 96.3 Å². The molecule has 26 heavy (non-hydrogen) atoms. The van der Waals surface area contributed by atoms with Crippen molar-refractivity contribution in [3.8, 4) is 0 Å². The lowest BCUT2D eigenvalue weighted by molar-refractivity contribution is -0.153. The lowest BCUT2D eigenvalue weighted by Gasteiger charge is -2.11. The van der Waals surface area contributed by atoms with Crippen molar-refractivity contribution in [1.82, 2.24) is 5.48 Å². The third-order valence-electron chi connectivity index (χ3n) is 5.68. The van der Waals surface area contributed by atoms with Crippen molar-refractivity contribution in [3.05, 3.63) is 0 Å². The van der Waals surface area contributed by atoms with E-state index in [0.29, 0.717) is 12.5 Å². The summed E-state index contributed by atoms with van der Waals surface area (Å²) in [6, 6.07) is 0.403. The lowest BCUT2D eigenvalue weighted by Crippen LogP contribution is -2.29. The molecule has 0 heterocycles.